The predicted molar refractivity (Wildman–Crippen MR) is 141 cm³/mol. The number of nitrogens with zero attached hydrogens (tertiary/aromatic N) is 1. The van der Waals surface area contributed by atoms with Crippen LogP contribution >= 0.6 is 0 Å². The van der Waals surface area contributed by atoms with Crippen LogP contribution in [0, 0.1) is 41.5 Å². The number of rotatable bonds is 5. The summed E-state index contributed by atoms with van der Waals surface area (Å²) in [5.41, 5.74) is 8.13. The van der Waals surface area contributed by atoms with Crippen molar-refractivity contribution in [3.63, 3.8) is 0 Å². The van der Waals surface area contributed by atoms with Gasteiger partial charge in [0.2, 0.25) is 0 Å². The van der Waals surface area contributed by atoms with Crippen LogP contribution in [0.25, 0.3) is 0 Å². The van der Waals surface area contributed by atoms with E-state index in [1.165, 1.54) is 0 Å². The predicted octanol–water partition coefficient (Wildman–Crippen LogP) is 7.92. The van der Waals surface area contributed by atoms with Crippen LogP contribution in [-0.2, 0) is 0 Å². The fraction of sp³-hybridized carbons (Fsp3) is 0.200. The number of phenols is 3. The van der Waals surface area contributed by atoms with Gasteiger partial charge in [-0.15, -0.1) is 0 Å². The number of aryl methyl sites for hydroxylation is 6. The lowest BCUT2D eigenvalue weighted by Crippen LogP contribution is -2.15. The molecule has 0 spiro atoms. The monoisotopic (exact) mass is 469 g/mol. The zero-order valence-corrected chi connectivity index (χ0v) is 21.0. The highest BCUT2D eigenvalue weighted by molar-refractivity contribution is 5.84. The van der Waals surface area contributed by atoms with Crippen molar-refractivity contribution < 1.29 is 20.1 Å². The summed E-state index contributed by atoms with van der Waals surface area (Å²) in [6.07, 6.45) is 0. The minimum atomic E-state index is 0.140. The number of hydrogen-bond donors (Lipinski definition) is 3. The van der Waals surface area contributed by atoms with Crippen molar-refractivity contribution in [3.8, 4) is 28.7 Å². The van der Waals surface area contributed by atoms with Crippen molar-refractivity contribution in [1.82, 2.24) is 0 Å². The van der Waals surface area contributed by atoms with Gasteiger partial charge >= 0.3 is 0 Å². The van der Waals surface area contributed by atoms with E-state index in [2.05, 4.69) is 4.90 Å². The molecule has 4 aromatic carbocycles. The maximum Gasteiger partial charge on any atom is 0.172 e. The lowest BCUT2D eigenvalue weighted by Gasteiger charge is -2.31. The Labute approximate surface area is 206 Å². The largest absolute Gasteiger partial charge is 0.508 e. The zero-order valence-electron chi connectivity index (χ0n) is 21.0. The summed E-state index contributed by atoms with van der Waals surface area (Å²) in [7, 11) is 0. The van der Waals surface area contributed by atoms with Gasteiger partial charge in [-0.1, -0.05) is 12.1 Å². The molecule has 5 heteroatoms. The number of ether oxygens (including phenoxy) is 1. The van der Waals surface area contributed by atoms with Gasteiger partial charge in [0.05, 0.1) is 11.4 Å². The summed E-state index contributed by atoms with van der Waals surface area (Å²) in [5.74, 6) is 1.64. The molecule has 0 atom stereocenters. The second-order valence-electron chi connectivity index (χ2n) is 9.16. The number of phenolic OH excluding ortho intramolecular Hbond substituents is 3. The minimum absolute atomic E-state index is 0.140. The summed E-state index contributed by atoms with van der Waals surface area (Å²) in [6.45, 7) is 11.6. The van der Waals surface area contributed by atoms with E-state index in [-0.39, 0.29) is 17.2 Å². The maximum atomic E-state index is 10.5. The summed E-state index contributed by atoms with van der Waals surface area (Å²) < 4.78 is 6.06. The summed E-state index contributed by atoms with van der Waals surface area (Å²) in [6, 6.07) is 18.5. The Kier molecular flexibility index (Phi) is 6.35. The molecule has 0 bridgehead atoms. The van der Waals surface area contributed by atoms with E-state index in [4.69, 9.17) is 4.74 Å². The molecular weight excluding hydrogens is 438 g/mol. The van der Waals surface area contributed by atoms with Crippen molar-refractivity contribution in [2.24, 2.45) is 0 Å². The van der Waals surface area contributed by atoms with Gasteiger partial charge < -0.3 is 25.0 Å². The fourth-order valence-corrected chi connectivity index (χ4v) is 4.62. The summed E-state index contributed by atoms with van der Waals surface area (Å²) >= 11 is 0. The van der Waals surface area contributed by atoms with E-state index in [1.54, 1.807) is 24.3 Å². The van der Waals surface area contributed by atoms with Crippen molar-refractivity contribution in [2.75, 3.05) is 4.90 Å². The Morgan fingerprint density at radius 1 is 0.543 bits per heavy atom. The standard InChI is InChI=1S/C30H31NO4/c1-17-7-8-18(2)30(29(17)34)35-26-11-9-23(10-12-26)31(27-19(3)13-24(32)14-20(27)4)28-21(5)15-25(33)16-22(28)6/h7-16,32-34H,1-6H3. The average molecular weight is 470 g/mol. The van der Waals surface area contributed by atoms with Gasteiger partial charge in [0.1, 0.15) is 17.2 Å². The van der Waals surface area contributed by atoms with Gasteiger partial charge in [0.15, 0.2) is 11.5 Å². The second kappa shape index (κ2) is 9.26. The van der Waals surface area contributed by atoms with Gasteiger partial charge in [-0.2, -0.15) is 0 Å². The van der Waals surface area contributed by atoms with Gasteiger partial charge in [-0.25, -0.2) is 0 Å². The molecule has 0 aliphatic carbocycles. The molecule has 0 aliphatic rings. The molecule has 0 aromatic heterocycles. The van der Waals surface area contributed by atoms with Crippen molar-refractivity contribution in [1.29, 1.82) is 0 Å². The summed E-state index contributed by atoms with van der Waals surface area (Å²) in [5, 5.41) is 30.8. The van der Waals surface area contributed by atoms with E-state index in [0.29, 0.717) is 11.5 Å². The SMILES string of the molecule is Cc1ccc(C)c(Oc2ccc(N(c3c(C)cc(O)cc3C)c3c(C)cc(O)cc3C)cc2)c1O. The van der Waals surface area contributed by atoms with Crippen LogP contribution < -0.4 is 9.64 Å². The molecule has 4 aromatic rings. The molecule has 4 rings (SSSR count). The molecular formula is C30H31NO4. The van der Waals surface area contributed by atoms with Crippen LogP contribution in [0.15, 0.2) is 60.7 Å². The molecule has 0 fully saturated rings. The smallest absolute Gasteiger partial charge is 0.172 e. The highest BCUT2D eigenvalue weighted by atomic mass is 16.5. The molecule has 0 aliphatic heterocycles. The lowest BCUT2D eigenvalue weighted by atomic mass is 10.0. The first kappa shape index (κ1) is 24.0. The van der Waals surface area contributed by atoms with Crippen molar-refractivity contribution >= 4 is 17.1 Å². The average Bonchev–Trinajstić information content (AvgIpc) is 2.77. The van der Waals surface area contributed by atoms with Gasteiger partial charge in [-0.05, 0) is 123 Å². The molecule has 3 N–H and O–H groups in total. The molecule has 0 saturated carbocycles. The quantitative estimate of drug-likeness (QED) is 0.277. The highest BCUT2D eigenvalue weighted by Crippen LogP contribution is 2.44. The van der Waals surface area contributed by atoms with Crippen molar-refractivity contribution in [3.05, 3.63) is 94.0 Å². The minimum Gasteiger partial charge on any atom is -0.508 e. The molecule has 0 heterocycles. The van der Waals surface area contributed by atoms with Gasteiger partial charge in [0, 0.05) is 5.69 Å². The Bertz CT molecular complexity index is 1300. The zero-order chi connectivity index (χ0) is 25.4. The van der Waals surface area contributed by atoms with E-state index in [9.17, 15) is 15.3 Å². The van der Waals surface area contributed by atoms with Crippen LogP contribution in [0.2, 0.25) is 0 Å². The van der Waals surface area contributed by atoms with E-state index in [0.717, 1.165) is 50.4 Å². The third kappa shape index (κ3) is 4.62. The van der Waals surface area contributed by atoms with Crippen LogP contribution in [0.4, 0.5) is 17.1 Å². The fourth-order valence-electron chi connectivity index (χ4n) is 4.62. The van der Waals surface area contributed by atoms with E-state index in [1.807, 2.05) is 77.9 Å². The summed E-state index contributed by atoms with van der Waals surface area (Å²) in [4.78, 5) is 2.15. The molecule has 0 unspecified atom stereocenters. The highest BCUT2D eigenvalue weighted by Gasteiger charge is 2.22. The van der Waals surface area contributed by atoms with Crippen LogP contribution in [0.1, 0.15) is 33.4 Å². The van der Waals surface area contributed by atoms with Gasteiger partial charge in [0.25, 0.3) is 0 Å². The Morgan fingerprint density at radius 3 is 1.43 bits per heavy atom. The van der Waals surface area contributed by atoms with E-state index >= 15 is 0 Å². The third-order valence-electron chi connectivity index (χ3n) is 6.24. The Balaban J connectivity index is 1.84. The first-order valence-electron chi connectivity index (χ1n) is 11.5. The first-order chi connectivity index (χ1) is 16.6. The molecule has 0 amide bonds. The molecule has 0 saturated heterocycles. The number of anilines is 3. The number of benzene rings is 4. The van der Waals surface area contributed by atoms with Crippen molar-refractivity contribution in [2.45, 2.75) is 41.5 Å². The van der Waals surface area contributed by atoms with Crippen LogP contribution in [0.5, 0.6) is 28.7 Å². The normalized spacial score (nSPS) is 10.9. The number of hydrogen-bond acceptors (Lipinski definition) is 5. The number of aromatic hydroxyl groups is 3. The molecule has 180 valence electrons. The van der Waals surface area contributed by atoms with Gasteiger partial charge in [-0.3, -0.25) is 0 Å². The molecule has 5 nitrogen and oxygen atoms in total. The lowest BCUT2D eigenvalue weighted by molar-refractivity contribution is 0.406. The van der Waals surface area contributed by atoms with E-state index < -0.39 is 0 Å². The topological polar surface area (TPSA) is 73.2 Å². The first-order valence-corrected chi connectivity index (χ1v) is 11.5. The second-order valence-corrected chi connectivity index (χ2v) is 9.16. The van der Waals surface area contributed by atoms with Crippen LogP contribution in [0.3, 0.4) is 0 Å². The maximum absolute atomic E-state index is 10.5. The third-order valence-corrected chi connectivity index (χ3v) is 6.24. The molecule has 35 heavy (non-hydrogen) atoms. The Morgan fingerprint density at radius 2 is 0.971 bits per heavy atom. The van der Waals surface area contributed by atoms with Crippen LogP contribution in [-0.4, -0.2) is 15.3 Å². The molecule has 0 radical (unpaired) electrons. The Hall–Kier alpha value is -4.12.